The van der Waals surface area contributed by atoms with Gasteiger partial charge in [-0.15, -0.1) is 0 Å². The second-order valence-corrected chi connectivity index (χ2v) is 3.54. The van der Waals surface area contributed by atoms with Crippen LogP contribution >= 0.6 is 0 Å². The van der Waals surface area contributed by atoms with Crippen molar-refractivity contribution in [3.05, 3.63) is 0 Å². The first kappa shape index (κ1) is 11.3. The van der Waals surface area contributed by atoms with Crippen LogP contribution in [0.25, 0.3) is 0 Å². The summed E-state index contributed by atoms with van der Waals surface area (Å²) in [6.07, 6.45) is 0. The van der Waals surface area contributed by atoms with Gasteiger partial charge in [0, 0.05) is 0 Å². The lowest BCUT2D eigenvalue weighted by Gasteiger charge is -2.15. The number of esters is 1. The van der Waals surface area contributed by atoms with Gasteiger partial charge in [-0.3, -0.25) is 4.79 Å². The standard InChI is InChI=1S/C5H11NO5S/c1-6-4(5(7)11-2)3-12(8,9)10/h4,6H,3H2,1-2H3,(H,8,9,10)/p-1. The van der Waals surface area contributed by atoms with Crippen molar-refractivity contribution in [3.8, 4) is 0 Å². The summed E-state index contributed by atoms with van der Waals surface area (Å²) in [6.45, 7) is 0. The molecule has 0 fully saturated rings. The molecule has 0 aliphatic carbocycles. The molecule has 0 spiro atoms. The highest BCUT2D eigenvalue weighted by Gasteiger charge is 2.19. The minimum absolute atomic E-state index is 0.767. The Labute approximate surface area is 70.7 Å². The zero-order chi connectivity index (χ0) is 9.78. The molecule has 1 N–H and O–H groups in total. The van der Waals surface area contributed by atoms with E-state index < -0.39 is 27.9 Å². The van der Waals surface area contributed by atoms with E-state index in [1.54, 1.807) is 0 Å². The zero-order valence-electron chi connectivity index (χ0n) is 6.73. The number of carbonyl (C=O) groups is 1. The van der Waals surface area contributed by atoms with Crippen molar-refractivity contribution in [1.29, 1.82) is 0 Å². The van der Waals surface area contributed by atoms with Gasteiger partial charge in [-0.05, 0) is 7.05 Å². The van der Waals surface area contributed by atoms with Crippen LogP contribution in [-0.4, -0.2) is 44.9 Å². The van der Waals surface area contributed by atoms with Crippen molar-refractivity contribution in [2.24, 2.45) is 0 Å². The lowest BCUT2D eigenvalue weighted by atomic mass is 10.3. The molecule has 0 saturated carbocycles. The van der Waals surface area contributed by atoms with E-state index in [1.165, 1.54) is 7.05 Å². The van der Waals surface area contributed by atoms with E-state index in [2.05, 4.69) is 10.1 Å². The molecule has 0 bridgehead atoms. The summed E-state index contributed by atoms with van der Waals surface area (Å²) in [5.41, 5.74) is 0. The molecule has 7 heteroatoms. The molecule has 0 heterocycles. The molecule has 6 nitrogen and oxygen atoms in total. The number of ether oxygens (including phenoxy) is 1. The number of carbonyl (C=O) groups excluding carboxylic acids is 1. The lowest BCUT2D eigenvalue weighted by molar-refractivity contribution is -0.142. The molecule has 0 aliphatic heterocycles. The van der Waals surface area contributed by atoms with Crippen molar-refractivity contribution in [3.63, 3.8) is 0 Å². The third-order valence-corrected chi connectivity index (χ3v) is 1.95. The molecule has 0 radical (unpaired) electrons. The first-order valence-electron chi connectivity index (χ1n) is 3.09. The van der Waals surface area contributed by atoms with Crippen LogP contribution < -0.4 is 5.32 Å². The van der Waals surface area contributed by atoms with Gasteiger partial charge in [-0.2, -0.15) is 0 Å². The van der Waals surface area contributed by atoms with Crippen LogP contribution in [0.15, 0.2) is 0 Å². The van der Waals surface area contributed by atoms with Gasteiger partial charge in [-0.25, -0.2) is 8.42 Å². The summed E-state index contributed by atoms with van der Waals surface area (Å²) < 4.78 is 34.9. The molecule has 1 atom stereocenters. The lowest BCUT2D eigenvalue weighted by Crippen LogP contribution is -2.40. The first-order valence-corrected chi connectivity index (χ1v) is 4.67. The monoisotopic (exact) mass is 196 g/mol. The number of nitrogens with one attached hydrogen (secondary N) is 1. The minimum atomic E-state index is -4.40. The highest BCUT2D eigenvalue weighted by molar-refractivity contribution is 7.85. The summed E-state index contributed by atoms with van der Waals surface area (Å²) in [7, 11) is -1.92. The van der Waals surface area contributed by atoms with Crippen LogP contribution in [-0.2, 0) is 19.6 Å². The molecule has 0 saturated heterocycles. The highest BCUT2D eigenvalue weighted by atomic mass is 32.2. The van der Waals surface area contributed by atoms with Gasteiger partial charge in [0.05, 0.1) is 23.0 Å². The van der Waals surface area contributed by atoms with Crippen LogP contribution in [0.2, 0.25) is 0 Å². The van der Waals surface area contributed by atoms with E-state index in [0.717, 1.165) is 7.11 Å². The van der Waals surface area contributed by atoms with Crippen molar-refractivity contribution in [2.45, 2.75) is 6.04 Å². The third-order valence-electron chi connectivity index (χ3n) is 1.20. The molecule has 0 rings (SSSR count). The Hall–Kier alpha value is -0.660. The average Bonchev–Trinajstić information content (AvgIpc) is 1.97. The topological polar surface area (TPSA) is 95.5 Å². The summed E-state index contributed by atoms with van der Waals surface area (Å²) in [5, 5.41) is 2.36. The maximum atomic E-state index is 10.7. The summed E-state index contributed by atoms with van der Waals surface area (Å²) in [6, 6.07) is -1.09. The van der Waals surface area contributed by atoms with E-state index >= 15 is 0 Å². The Bertz CT molecular complexity index is 247. The molecule has 0 aliphatic rings. The van der Waals surface area contributed by atoms with Crippen molar-refractivity contribution in [1.82, 2.24) is 5.32 Å². The fourth-order valence-electron chi connectivity index (χ4n) is 0.616. The molecule has 72 valence electrons. The number of likely N-dealkylation sites (N-methyl/N-ethyl adjacent to an activating group) is 1. The van der Waals surface area contributed by atoms with Crippen LogP contribution in [0.1, 0.15) is 0 Å². The van der Waals surface area contributed by atoms with Crippen LogP contribution in [0.5, 0.6) is 0 Å². The zero-order valence-corrected chi connectivity index (χ0v) is 7.55. The molecule has 12 heavy (non-hydrogen) atoms. The SMILES string of the molecule is CNC(CS(=O)(=O)[O-])C(=O)OC. The second kappa shape index (κ2) is 4.39. The number of hydrogen-bond donors (Lipinski definition) is 1. The largest absolute Gasteiger partial charge is 0.748 e. The summed E-state index contributed by atoms with van der Waals surface area (Å²) in [5.74, 6) is -1.56. The molecule has 0 aromatic carbocycles. The Kier molecular flexibility index (Phi) is 4.15. The van der Waals surface area contributed by atoms with Crippen LogP contribution in [0.4, 0.5) is 0 Å². The van der Waals surface area contributed by atoms with E-state index in [0.29, 0.717) is 0 Å². The molecular formula is C5H10NO5S-. The first-order chi connectivity index (χ1) is 5.40. The van der Waals surface area contributed by atoms with Gasteiger partial charge in [-0.1, -0.05) is 0 Å². The van der Waals surface area contributed by atoms with Crippen molar-refractivity contribution in [2.75, 3.05) is 19.9 Å². The Morgan fingerprint density at radius 1 is 1.67 bits per heavy atom. The van der Waals surface area contributed by atoms with E-state index in [4.69, 9.17) is 0 Å². The van der Waals surface area contributed by atoms with Crippen LogP contribution in [0.3, 0.4) is 0 Å². The Morgan fingerprint density at radius 2 is 2.17 bits per heavy atom. The summed E-state index contributed by atoms with van der Waals surface area (Å²) >= 11 is 0. The molecule has 1 unspecified atom stereocenters. The van der Waals surface area contributed by atoms with Crippen molar-refractivity contribution < 1.29 is 22.5 Å². The normalized spacial score (nSPS) is 13.9. The van der Waals surface area contributed by atoms with E-state index in [9.17, 15) is 17.8 Å². The summed E-state index contributed by atoms with van der Waals surface area (Å²) in [4.78, 5) is 10.7. The fraction of sp³-hybridized carbons (Fsp3) is 0.800. The van der Waals surface area contributed by atoms with Gasteiger partial charge in [0.15, 0.2) is 0 Å². The third kappa shape index (κ3) is 4.27. The second-order valence-electron chi connectivity index (χ2n) is 2.09. The predicted molar refractivity (Wildman–Crippen MR) is 39.4 cm³/mol. The maximum Gasteiger partial charge on any atom is 0.323 e. The fourth-order valence-corrected chi connectivity index (χ4v) is 1.33. The van der Waals surface area contributed by atoms with Gasteiger partial charge >= 0.3 is 5.97 Å². The van der Waals surface area contributed by atoms with Gasteiger partial charge in [0.1, 0.15) is 6.04 Å². The van der Waals surface area contributed by atoms with Gasteiger partial charge in [0.25, 0.3) is 0 Å². The van der Waals surface area contributed by atoms with E-state index in [-0.39, 0.29) is 0 Å². The number of methoxy groups -OCH3 is 1. The van der Waals surface area contributed by atoms with E-state index in [1.807, 2.05) is 0 Å². The number of rotatable bonds is 4. The minimum Gasteiger partial charge on any atom is -0.748 e. The smallest absolute Gasteiger partial charge is 0.323 e. The Morgan fingerprint density at radius 3 is 2.42 bits per heavy atom. The van der Waals surface area contributed by atoms with Crippen LogP contribution in [0, 0.1) is 0 Å². The Balaban J connectivity index is 4.29. The molecule has 0 aromatic rings. The van der Waals surface area contributed by atoms with Gasteiger partial charge in [0.2, 0.25) is 0 Å². The average molecular weight is 196 g/mol. The molecule has 0 amide bonds. The number of hydrogen-bond acceptors (Lipinski definition) is 6. The highest BCUT2D eigenvalue weighted by Crippen LogP contribution is 1.92. The molecule has 0 aromatic heterocycles. The molecular weight excluding hydrogens is 186 g/mol. The quantitative estimate of drug-likeness (QED) is 0.425. The van der Waals surface area contributed by atoms with Crippen molar-refractivity contribution >= 4 is 16.1 Å². The maximum absolute atomic E-state index is 10.7. The van der Waals surface area contributed by atoms with Gasteiger partial charge < -0.3 is 14.6 Å². The predicted octanol–water partition coefficient (Wildman–Crippen LogP) is -1.71.